The number of rotatable bonds is 6. The first kappa shape index (κ1) is 14.7. The average molecular weight is 289 g/mol. The fourth-order valence-corrected chi connectivity index (χ4v) is 2.91. The van der Waals surface area contributed by atoms with Crippen molar-refractivity contribution in [2.45, 2.75) is 19.8 Å². The van der Waals surface area contributed by atoms with Gasteiger partial charge in [-0.3, -0.25) is 4.79 Å². The lowest BCUT2D eigenvalue weighted by molar-refractivity contribution is -0.120. The van der Waals surface area contributed by atoms with E-state index in [0.29, 0.717) is 19.5 Å². The van der Waals surface area contributed by atoms with E-state index in [1.807, 2.05) is 18.2 Å². The summed E-state index contributed by atoms with van der Waals surface area (Å²) in [5.74, 6) is 0.00376. The Kier molecular flexibility index (Phi) is 5.26. The molecule has 2 rings (SSSR count). The zero-order valence-corrected chi connectivity index (χ0v) is 12.4. The van der Waals surface area contributed by atoms with Gasteiger partial charge < -0.3 is 11.1 Å². The van der Waals surface area contributed by atoms with Gasteiger partial charge in [0, 0.05) is 36.4 Å². The van der Waals surface area contributed by atoms with Crippen LogP contribution in [-0.2, 0) is 11.2 Å². The minimum Gasteiger partial charge on any atom is -0.356 e. The smallest absolute Gasteiger partial charge is 0.221 e. The van der Waals surface area contributed by atoms with Crippen molar-refractivity contribution in [3.05, 3.63) is 40.2 Å². The highest BCUT2D eigenvalue weighted by Gasteiger charge is 2.09. The molecule has 4 nitrogen and oxygen atoms in total. The SMILES string of the molecule is Cc1sc(CCNC(=O)CCN)nc1-c1ccccc1. The van der Waals surface area contributed by atoms with Gasteiger partial charge in [-0.15, -0.1) is 11.3 Å². The average Bonchev–Trinajstić information content (AvgIpc) is 2.81. The number of hydrogen-bond donors (Lipinski definition) is 2. The summed E-state index contributed by atoms with van der Waals surface area (Å²) in [4.78, 5) is 17.2. The van der Waals surface area contributed by atoms with Crippen molar-refractivity contribution in [1.82, 2.24) is 10.3 Å². The maximum atomic E-state index is 11.3. The Morgan fingerprint density at radius 2 is 2.10 bits per heavy atom. The van der Waals surface area contributed by atoms with Crippen molar-refractivity contribution < 1.29 is 4.79 Å². The largest absolute Gasteiger partial charge is 0.356 e. The molecular formula is C15H19N3OS. The van der Waals surface area contributed by atoms with Gasteiger partial charge in [0.25, 0.3) is 0 Å². The zero-order valence-electron chi connectivity index (χ0n) is 11.6. The Morgan fingerprint density at radius 3 is 2.80 bits per heavy atom. The third-order valence-electron chi connectivity index (χ3n) is 2.92. The second-order valence-corrected chi connectivity index (χ2v) is 5.80. The van der Waals surface area contributed by atoms with Crippen LogP contribution in [0.1, 0.15) is 16.3 Å². The molecular weight excluding hydrogens is 270 g/mol. The number of hydrogen-bond acceptors (Lipinski definition) is 4. The van der Waals surface area contributed by atoms with E-state index < -0.39 is 0 Å². The molecule has 106 valence electrons. The van der Waals surface area contributed by atoms with E-state index in [4.69, 9.17) is 5.73 Å². The lowest BCUT2D eigenvalue weighted by Crippen LogP contribution is -2.27. The van der Waals surface area contributed by atoms with Crippen LogP contribution in [0.4, 0.5) is 0 Å². The second kappa shape index (κ2) is 7.17. The quantitative estimate of drug-likeness (QED) is 0.856. The van der Waals surface area contributed by atoms with E-state index in [2.05, 4.69) is 29.4 Å². The monoisotopic (exact) mass is 289 g/mol. The molecule has 20 heavy (non-hydrogen) atoms. The van der Waals surface area contributed by atoms with Crippen molar-refractivity contribution in [1.29, 1.82) is 0 Å². The summed E-state index contributed by atoms with van der Waals surface area (Å²) >= 11 is 1.69. The summed E-state index contributed by atoms with van der Waals surface area (Å²) < 4.78 is 0. The Labute approximate surface area is 123 Å². The number of benzene rings is 1. The van der Waals surface area contributed by atoms with E-state index in [1.165, 1.54) is 4.88 Å². The van der Waals surface area contributed by atoms with Crippen molar-refractivity contribution in [2.24, 2.45) is 5.73 Å². The van der Waals surface area contributed by atoms with Gasteiger partial charge in [0.2, 0.25) is 5.91 Å². The molecule has 0 saturated carbocycles. The first-order valence-corrected chi connectivity index (χ1v) is 7.51. The van der Waals surface area contributed by atoms with E-state index in [0.717, 1.165) is 22.7 Å². The highest BCUT2D eigenvalue weighted by Crippen LogP contribution is 2.27. The van der Waals surface area contributed by atoms with Crippen LogP contribution in [0.25, 0.3) is 11.3 Å². The number of aryl methyl sites for hydroxylation is 1. The summed E-state index contributed by atoms with van der Waals surface area (Å²) in [5, 5.41) is 3.90. The van der Waals surface area contributed by atoms with Gasteiger partial charge in [-0.1, -0.05) is 30.3 Å². The van der Waals surface area contributed by atoms with Crippen LogP contribution < -0.4 is 11.1 Å². The van der Waals surface area contributed by atoms with Crippen molar-refractivity contribution in [2.75, 3.05) is 13.1 Å². The standard InChI is InChI=1S/C15H19N3OS/c1-11-15(12-5-3-2-4-6-12)18-14(20-11)8-10-17-13(19)7-9-16/h2-6H,7-10,16H2,1H3,(H,17,19). The molecule has 0 aliphatic heterocycles. The number of carbonyl (C=O) groups excluding carboxylic acids is 1. The molecule has 0 spiro atoms. The van der Waals surface area contributed by atoms with Gasteiger partial charge in [0.1, 0.15) is 0 Å². The molecule has 0 aliphatic carbocycles. The van der Waals surface area contributed by atoms with Gasteiger partial charge in [0.05, 0.1) is 10.7 Å². The molecule has 1 aromatic carbocycles. The molecule has 0 bridgehead atoms. The molecule has 0 unspecified atom stereocenters. The van der Waals surface area contributed by atoms with Gasteiger partial charge >= 0.3 is 0 Å². The van der Waals surface area contributed by atoms with Crippen LogP contribution in [0, 0.1) is 6.92 Å². The van der Waals surface area contributed by atoms with Crippen LogP contribution >= 0.6 is 11.3 Å². The van der Waals surface area contributed by atoms with E-state index >= 15 is 0 Å². The van der Waals surface area contributed by atoms with Gasteiger partial charge in [0.15, 0.2) is 0 Å². The van der Waals surface area contributed by atoms with Gasteiger partial charge in [-0.05, 0) is 6.92 Å². The summed E-state index contributed by atoms with van der Waals surface area (Å²) in [7, 11) is 0. The topological polar surface area (TPSA) is 68.0 Å². The Morgan fingerprint density at radius 1 is 1.35 bits per heavy atom. The molecule has 1 amide bonds. The van der Waals surface area contributed by atoms with Crippen molar-refractivity contribution >= 4 is 17.2 Å². The molecule has 0 fully saturated rings. The van der Waals surface area contributed by atoms with E-state index in [-0.39, 0.29) is 5.91 Å². The highest BCUT2D eigenvalue weighted by atomic mass is 32.1. The maximum absolute atomic E-state index is 11.3. The lowest BCUT2D eigenvalue weighted by atomic mass is 10.1. The normalized spacial score (nSPS) is 10.5. The summed E-state index contributed by atoms with van der Waals surface area (Å²) in [6.45, 7) is 3.08. The molecule has 5 heteroatoms. The number of aromatic nitrogens is 1. The minimum atomic E-state index is 0.00376. The minimum absolute atomic E-state index is 0.00376. The van der Waals surface area contributed by atoms with Crippen LogP contribution in [0.2, 0.25) is 0 Å². The Balaban J connectivity index is 1.96. The molecule has 2 aromatic rings. The number of amides is 1. The fourth-order valence-electron chi connectivity index (χ4n) is 1.95. The number of nitrogens with one attached hydrogen (secondary N) is 1. The number of carbonyl (C=O) groups is 1. The second-order valence-electron chi connectivity index (χ2n) is 4.52. The van der Waals surface area contributed by atoms with Crippen LogP contribution in [0.15, 0.2) is 30.3 Å². The number of thiazole rings is 1. The molecule has 1 heterocycles. The predicted molar refractivity (Wildman–Crippen MR) is 82.7 cm³/mol. The third kappa shape index (κ3) is 3.88. The third-order valence-corrected chi connectivity index (χ3v) is 3.95. The molecule has 0 radical (unpaired) electrons. The highest BCUT2D eigenvalue weighted by molar-refractivity contribution is 7.12. The van der Waals surface area contributed by atoms with E-state index in [9.17, 15) is 4.79 Å². The van der Waals surface area contributed by atoms with Crippen LogP contribution in [0.5, 0.6) is 0 Å². The lowest BCUT2D eigenvalue weighted by Gasteiger charge is -2.01. The van der Waals surface area contributed by atoms with Crippen molar-refractivity contribution in [3.63, 3.8) is 0 Å². The molecule has 0 atom stereocenters. The van der Waals surface area contributed by atoms with Crippen molar-refractivity contribution in [3.8, 4) is 11.3 Å². The summed E-state index contributed by atoms with van der Waals surface area (Å²) in [6, 6.07) is 10.2. The summed E-state index contributed by atoms with van der Waals surface area (Å²) in [6.07, 6.45) is 1.14. The first-order valence-electron chi connectivity index (χ1n) is 6.69. The van der Waals surface area contributed by atoms with Gasteiger partial charge in [-0.25, -0.2) is 4.98 Å². The summed E-state index contributed by atoms with van der Waals surface area (Å²) in [5.41, 5.74) is 7.51. The molecule has 0 saturated heterocycles. The van der Waals surface area contributed by atoms with Gasteiger partial charge in [-0.2, -0.15) is 0 Å². The Hall–Kier alpha value is -1.72. The van der Waals surface area contributed by atoms with E-state index in [1.54, 1.807) is 11.3 Å². The maximum Gasteiger partial charge on any atom is 0.221 e. The van der Waals surface area contributed by atoms with Crippen LogP contribution in [0.3, 0.4) is 0 Å². The predicted octanol–water partition coefficient (Wildman–Crippen LogP) is 2.13. The molecule has 0 aliphatic rings. The Bertz CT molecular complexity index is 566. The van der Waals surface area contributed by atoms with Crippen LogP contribution in [-0.4, -0.2) is 24.0 Å². The molecule has 3 N–H and O–H groups in total. The zero-order chi connectivity index (χ0) is 14.4. The molecule has 1 aromatic heterocycles. The number of nitrogens with zero attached hydrogens (tertiary/aromatic N) is 1. The fraction of sp³-hybridized carbons (Fsp3) is 0.333. The first-order chi connectivity index (χ1) is 9.70. The number of nitrogens with two attached hydrogens (primary N) is 1.